The van der Waals surface area contributed by atoms with Gasteiger partial charge >= 0.3 is 0 Å². The SMILES string of the molecule is COc1cc(Cl)c(CC2(O)CC2)c(OC)c1. The zero-order valence-electron chi connectivity index (χ0n) is 9.42. The summed E-state index contributed by atoms with van der Waals surface area (Å²) in [6, 6.07) is 3.53. The predicted octanol–water partition coefficient (Wildman–Crippen LogP) is 2.42. The quantitative estimate of drug-likeness (QED) is 0.881. The predicted molar refractivity (Wildman–Crippen MR) is 62.4 cm³/mol. The molecule has 0 spiro atoms. The van der Waals surface area contributed by atoms with E-state index in [0.29, 0.717) is 22.9 Å². The molecule has 4 heteroatoms. The van der Waals surface area contributed by atoms with Crippen LogP contribution in [0.4, 0.5) is 0 Å². The molecule has 0 amide bonds. The molecule has 0 radical (unpaired) electrons. The van der Waals surface area contributed by atoms with E-state index < -0.39 is 5.60 Å². The van der Waals surface area contributed by atoms with Crippen LogP contribution in [-0.4, -0.2) is 24.9 Å². The highest BCUT2D eigenvalue weighted by Crippen LogP contribution is 2.43. The summed E-state index contributed by atoms with van der Waals surface area (Å²) in [5, 5.41) is 10.5. The molecule has 0 aliphatic heterocycles. The van der Waals surface area contributed by atoms with E-state index in [1.165, 1.54) is 0 Å². The molecule has 0 heterocycles. The van der Waals surface area contributed by atoms with Crippen LogP contribution < -0.4 is 9.47 Å². The molecule has 1 N–H and O–H groups in total. The van der Waals surface area contributed by atoms with Gasteiger partial charge in [-0.05, 0) is 18.9 Å². The average molecular weight is 243 g/mol. The van der Waals surface area contributed by atoms with Crippen molar-refractivity contribution in [1.29, 1.82) is 0 Å². The van der Waals surface area contributed by atoms with E-state index in [1.54, 1.807) is 26.4 Å². The first-order chi connectivity index (χ1) is 7.58. The molecule has 88 valence electrons. The summed E-state index contributed by atoms with van der Waals surface area (Å²) in [6.07, 6.45) is 2.20. The fourth-order valence-corrected chi connectivity index (χ4v) is 1.98. The summed E-state index contributed by atoms with van der Waals surface area (Å²) in [5.74, 6) is 1.33. The van der Waals surface area contributed by atoms with E-state index in [4.69, 9.17) is 21.1 Å². The summed E-state index contributed by atoms with van der Waals surface area (Å²) < 4.78 is 10.4. The van der Waals surface area contributed by atoms with E-state index >= 15 is 0 Å². The summed E-state index contributed by atoms with van der Waals surface area (Å²) in [4.78, 5) is 0. The molecule has 0 saturated heterocycles. The minimum Gasteiger partial charge on any atom is -0.497 e. The minimum absolute atomic E-state index is 0.541. The monoisotopic (exact) mass is 242 g/mol. The molecule has 1 aromatic rings. The number of benzene rings is 1. The molecule has 1 fully saturated rings. The largest absolute Gasteiger partial charge is 0.497 e. The maximum Gasteiger partial charge on any atom is 0.127 e. The molecule has 2 rings (SSSR count). The number of rotatable bonds is 4. The van der Waals surface area contributed by atoms with Gasteiger partial charge in [-0.15, -0.1) is 0 Å². The number of halogens is 1. The molecule has 3 nitrogen and oxygen atoms in total. The van der Waals surface area contributed by atoms with Gasteiger partial charge in [-0.3, -0.25) is 0 Å². The van der Waals surface area contributed by atoms with E-state index in [0.717, 1.165) is 18.4 Å². The molecule has 1 aliphatic rings. The third kappa shape index (κ3) is 2.25. The number of aliphatic hydroxyl groups is 1. The highest BCUT2D eigenvalue weighted by molar-refractivity contribution is 6.31. The highest BCUT2D eigenvalue weighted by Gasteiger charge is 2.41. The van der Waals surface area contributed by atoms with Crippen LogP contribution in [0.25, 0.3) is 0 Å². The third-order valence-electron chi connectivity index (χ3n) is 2.92. The maximum absolute atomic E-state index is 9.91. The lowest BCUT2D eigenvalue weighted by atomic mass is 10.0. The molecular weight excluding hydrogens is 228 g/mol. The van der Waals surface area contributed by atoms with E-state index in [1.807, 2.05) is 0 Å². The number of methoxy groups -OCH3 is 2. The van der Waals surface area contributed by atoms with Gasteiger partial charge in [0, 0.05) is 18.1 Å². The van der Waals surface area contributed by atoms with Gasteiger partial charge in [0.15, 0.2) is 0 Å². The molecule has 1 saturated carbocycles. The van der Waals surface area contributed by atoms with Crippen molar-refractivity contribution in [3.05, 3.63) is 22.7 Å². The van der Waals surface area contributed by atoms with Crippen molar-refractivity contribution < 1.29 is 14.6 Å². The Morgan fingerprint density at radius 3 is 2.50 bits per heavy atom. The third-order valence-corrected chi connectivity index (χ3v) is 3.25. The summed E-state index contributed by atoms with van der Waals surface area (Å²) in [6.45, 7) is 0. The van der Waals surface area contributed by atoms with Crippen LogP contribution in [0.5, 0.6) is 11.5 Å². The fraction of sp³-hybridized carbons (Fsp3) is 0.500. The first-order valence-electron chi connectivity index (χ1n) is 5.21. The number of hydrogen-bond acceptors (Lipinski definition) is 3. The van der Waals surface area contributed by atoms with Crippen molar-refractivity contribution in [2.45, 2.75) is 24.9 Å². The Balaban J connectivity index is 2.34. The van der Waals surface area contributed by atoms with Crippen LogP contribution >= 0.6 is 11.6 Å². The molecule has 0 unspecified atom stereocenters. The molecule has 0 atom stereocenters. The Labute approximate surface area is 99.9 Å². The normalized spacial score (nSPS) is 17.0. The highest BCUT2D eigenvalue weighted by atomic mass is 35.5. The van der Waals surface area contributed by atoms with Gasteiger partial charge in [-0.1, -0.05) is 11.6 Å². The van der Waals surface area contributed by atoms with Gasteiger partial charge in [-0.25, -0.2) is 0 Å². The Kier molecular flexibility index (Phi) is 3.00. The van der Waals surface area contributed by atoms with Crippen LogP contribution in [0.1, 0.15) is 18.4 Å². The van der Waals surface area contributed by atoms with Crippen molar-refractivity contribution in [1.82, 2.24) is 0 Å². The lowest BCUT2D eigenvalue weighted by Crippen LogP contribution is -2.12. The topological polar surface area (TPSA) is 38.7 Å². The molecule has 0 aromatic heterocycles. The first kappa shape index (κ1) is 11.6. The summed E-state index contributed by atoms with van der Waals surface area (Å²) in [5.41, 5.74) is 0.274. The van der Waals surface area contributed by atoms with Crippen molar-refractivity contribution in [3.8, 4) is 11.5 Å². The van der Waals surface area contributed by atoms with Gasteiger partial charge in [0.2, 0.25) is 0 Å². The van der Waals surface area contributed by atoms with Crippen molar-refractivity contribution in [2.24, 2.45) is 0 Å². The second-order valence-electron chi connectivity index (χ2n) is 4.19. The van der Waals surface area contributed by atoms with E-state index in [-0.39, 0.29) is 0 Å². The van der Waals surface area contributed by atoms with Crippen LogP contribution in [0.3, 0.4) is 0 Å². The van der Waals surface area contributed by atoms with Crippen molar-refractivity contribution in [2.75, 3.05) is 14.2 Å². The van der Waals surface area contributed by atoms with Gasteiger partial charge in [0.1, 0.15) is 11.5 Å². The van der Waals surface area contributed by atoms with Crippen LogP contribution in [0.2, 0.25) is 5.02 Å². The summed E-state index contributed by atoms with van der Waals surface area (Å²) >= 11 is 6.15. The number of ether oxygens (including phenoxy) is 2. The Morgan fingerprint density at radius 2 is 2.00 bits per heavy atom. The Hall–Kier alpha value is -0.930. The van der Waals surface area contributed by atoms with Crippen LogP contribution in [0, 0.1) is 0 Å². The lowest BCUT2D eigenvalue weighted by Gasteiger charge is -2.15. The van der Waals surface area contributed by atoms with E-state index in [9.17, 15) is 5.11 Å². The lowest BCUT2D eigenvalue weighted by molar-refractivity contribution is 0.150. The van der Waals surface area contributed by atoms with Gasteiger partial charge in [0.05, 0.1) is 24.8 Å². The van der Waals surface area contributed by atoms with E-state index in [2.05, 4.69) is 0 Å². The average Bonchev–Trinajstić information content (AvgIpc) is 2.99. The molecule has 1 aliphatic carbocycles. The van der Waals surface area contributed by atoms with Crippen molar-refractivity contribution >= 4 is 11.6 Å². The van der Waals surface area contributed by atoms with Gasteiger partial charge in [0.25, 0.3) is 0 Å². The minimum atomic E-state index is -0.578. The summed E-state index contributed by atoms with van der Waals surface area (Å²) in [7, 11) is 3.17. The maximum atomic E-state index is 9.91. The Morgan fingerprint density at radius 1 is 1.31 bits per heavy atom. The molecule has 0 bridgehead atoms. The zero-order chi connectivity index (χ0) is 11.8. The molecule has 16 heavy (non-hydrogen) atoms. The van der Waals surface area contributed by atoms with Gasteiger partial charge < -0.3 is 14.6 Å². The Bertz CT molecular complexity index is 399. The van der Waals surface area contributed by atoms with Crippen LogP contribution in [0.15, 0.2) is 12.1 Å². The smallest absolute Gasteiger partial charge is 0.127 e. The molecule has 1 aromatic carbocycles. The van der Waals surface area contributed by atoms with Crippen molar-refractivity contribution in [3.63, 3.8) is 0 Å². The standard InChI is InChI=1S/C12H15ClO3/c1-15-8-5-10(13)9(11(6-8)16-2)7-12(14)3-4-12/h5-6,14H,3-4,7H2,1-2H3. The second-order valence-corrected chi connectivity index (χ2v) is 4.60. The van der Waals surface area contributed by atoms with Crippen LogP contribution in [-0.2, 0) is 6.42 Å². The fourth-order valence-electron chi connectivity index (χ4n) is 1.71. The molecular formula is C12H15ClO3. The first-order valence-corrected chi connectivity index (χ1v) is 5.58. The van der Waals surface area contributed by atoms with Gasteiger partial charge in [-0.2, -0.15) is 0 Å². The second kappa shape index (κ2) is 4.15. The zero-order valence-corrected chi connectivity index (χ0v) is 10.2. The number of hydrogen-bond donors (Lipinski definition) is 1.